The maximum Gasteiger partial charge on any atom is 0.191 e. The molecule has 0 saturated carbocycles. The van der Waals surface area contributed by atoms with E-state index in [-0.39, 0.29) is 11.9 Å². The number of benzene rings is 2. The van der Waals surface area contributed by atoms with Gasteiger partial charge in [0, 0.05) is 38.3 Å². The van der Waals surface area contributed by atoms with E-state index in [9.17, 15) is 4.39 Å². The first kappa shape index (κ1) is 24.0. The largest absolute Gasteiger partial charge is 0.493 e. The zero-order valence-corrected chi connectivity index (χ0v) is 19.2. The molecule has 1 saturated heterocycles. The molecule has 7 heteroatoms. The number of hydrogen-bond donors (Lipinski definition) is 2. The highest BCUT2D eigenvalue weighted by Gasteiger charge is 2.17. The third-order valence-corrected chi connectivity index (χ3v) is 5.45. The van der Waals surface area contributed by atoms with Crippen molar-refractivity contribution >= 4 is 5.96 Å². The van der Waals surface area contributed by atoms with Crippen molar-refractivity contribution in [3.8, 4) is 5.75 Å². The van der Waals surface area contributed by atoms with Crippen LogP contribution in [-0.4, -0.2) is 46.0 Å². The van der Waals surface area contributed by atoms with Crippen LogP contribution in [0.4, 0.5) is 4.39 Å². The van der Waals surface area contributed by atoms with Gasteiger partial charge >= 0.3 is 0 Å². The Hall–Kier alpha value is -2.64. The molecule has 3 rings (SSSR count). The molecule has 174 valence electrons. The minimum absolute atomic E-state index is 0.216. The summed E-state index contributed by atoms with van der Waals surface area (Å²) in [4.78, 5) is 4.74. The number of aryl methyl sites for hydroxylation is 1. The molecule has 0 radical (unpaired) electrons. The molecule has 2 atom stereocenters. The lowest BCUT2D eigenvalue weighted by atomic mass is 10.1. The van der Waals surface area contributed by atoms with Gasteiger partial charge in [-0.25, -0.2) is 9.38 Å². The number of rotatable bonds is 10. The van der Waals surface area contributed by atoms with Crippen molar-refractivity contribution in [3.63, 3.8) is 0 Å². The summed E-state index contributed by atoms with van der Waals surface area (Å²) in [6.45, 7) is 8.05. The molecule has 2 aromatic rings. The molecule has 1 aliphatic rings. The third-order valence-electron chi connectivity index (χ3n) is 5.45. The second-order valence-corrected chi connectivity index (χ2v) is 8.00. The Morgan fingerprint density at radius 3 is 2.72 bits per heavy atom. The maximum atomic E-state index is 13.2. The van der Waals surface area contributed by atoms with Gasteiger partial charge in [0.05, 0.1) is 25.9 Å². The summed E-state index contributed by atoms with van der Waals surface area (Å²) in [5.74, 6) is 1.75. The molecule has 2 N–H and O–H groups in total. The molecule has 0 spiro atoms. The highest BCUT2D eigenvalue weighted by Crippen LogP contribution is 2.23. The van der Waals surface area contributed by atoms with Crippen LogP contribution in [-0.2, 0) is 16.0 Å². The van der Waals surface area contributed by atoms with Crippen LogP contribution in [0.5, 0.6) is 5.75 Å². The van der Waals surface area contributed by atoms with Crippen molar-refractivity contribution < 1.29 is 18.6 Å². The van der Waals surface area contributed by atoms with Crippen LogP contribution in [0.15, 0.2) is 47.5 Å². The zero-order valence-electron chi connectivity index (χ0n) is 19.2. The SMILES string of the molecule is CCNC(=NCc1ccc(C)cc1OCC1CCOC1)NCC(OC)c1ccc(F)cc1. The second-order valence-electron chi connectivity index (χ2n) is 8.00. The Kier molecular flexibility index (Phi) is 9.31. The normalized spacial score (nSPS) is 17.2. The molecule has 1 heterocycles. The fourth-order valence-corrected chi connectivity index (χ4v) is 3.56. The molecule has 1 fully saturated rings. The number of methoxy groups -OCH3 is 1. The summed E-state index contributed by atoms with van der Waals surface area (Å²) in [6.07, 6.45) is 0.828. The van der Waals surface area contributed by atoms with E-state index in [0.29, 0.717) is 31.6 Å². The Morgan fingerprint density at radius 2 is 2.03 bits per heavy atom. The number of hydrogen-bond acceptors (Lipinski definition) is 4. The lowest BCUT2D eigenvalue weighted by Crippen LogP contribution is -2.39. The van der Waals surface area contributed by atoms with Gasteiger partial charge in [0.1, 0.15) is 11.6 Å². The monoisotopic (exact) mass is 443 g/mol. The van der Waals surface area contributed by atoms with Crippen molar-refractivity contribution in [1.29, 1.82) is 0 Å². The average Bonchev–Trinajstić information content (AvgIpc) is 3.32. The van der Waals surface area contributed by atoms with Crippen molar-refractivity contribution in [2.75, 3.05) is 40.0 Å². The molecule has 32 heavy (non-hydrogen) atoms. The molecule has 2 unspecified atom stereocenters. The van der Waals surface area contributed by atoms with E-state index in [2.05, 4.69) is 35.8 Å². The van der Waals surface area contributed by atoms with E-state index in [1.165, 1.54) is 12.1 Å². The fraction of sp³-hybridized carbons (Fsp3) is 0.480. The van der Waals surface area contributed by atoms with Gasteiger partial charge in [0.25, 0.3) is 0 Å². The van der Waals surface area contributed by atoms with Gasteiger partial charge in [-0.1, -0.05) is 24.3 Å². The minimum atomic E-state index is -0.261. The number of aliphatic imine (C=N–C) groups is 1. The summed E-state index contributed by atoms with van der Waals surface area (Å²) >= 11 is 0. The van der Waals surface area contributed by atoms with Crippen LogP contribution < -0.4 is 15.4 Å². The topological polar surface area (TPSA) is 64.1 Å². The van der Waals surface area contributed by atoms with Crippen LogP contribution in [0, 0.1) is 18.7 Å². The summed E-state index contributed by atoms with van der Waals surface area (Å²) < 4.78 is 30.4. The van der Waals surface area contributed by atoms with Gasteiger partial charge in [0.15, 0.2) is 5.96 Å². The maximum absolute atomic E-state index is 13.2. The van der Waals surface area contributed by atoms with Crippen molar-refractivity contribution in [1.82, 2.24) is 10.6 Å². The van der Waals surface area contributed by atoms with Crippen molar-refractivity contribution in [2.24, 2.45) is 10.9 Å². The summed E-state index contributed by atoms with van der Waals surface area (Å²) in [6, 6.07) is 12.6. The number of guanidine groups is 1. The number of nitrogens with zero attached hydrogens (tertiary/aromatic N) is 1. The molecule has 2 aromatic carbocycles. The molecule has 0 aliphatic carbocycles. The van der Waals surface area contributed by atoms with E-state index >= 15 is 0 Å². The van der Waals surface area contributed by atoms with E-state index in [0.717, 1.165) is 48.6 Å². The molecule has 0 bridgehead atoms. The highest BCUT2D eigenvalue weighted by molar-refractivity contribution is 5.79. The number of nitrogens with one attached hydrogen (secondary N) is 2. The zero-order chi connectivity index (χ0) is 22.8. The average molecular weight is 444 g/mol. The summed E-state index contributed by atoms with van der Waals surface area (Å²) in [5.41, 5.74) is 3.10. The van der Waals surface area contributed by atoms with E-state index < -0.39 is 0 Å². The first-order valence-electron chi connectivity index (χ1n) is 11.2. The lowest BCUT2D eigenvalue weighted by molar-refractivity contribution is 0.106. The van der Waals surface area contributed by atoms with Crippen molar-refractivity contribution in [2.45, 2.75) is 32.9 Å². The Morgan fingerprint density at radius 1 is 1.22 bits per heavy atom. The quantitative estimate of drug-likeness (QED) is 0.429. The van der Waals surface area contributed by atoms with E-state index in [1.54, 1.807) is 19.2 Å². The fourth-order valence-electron chi connectivity index (χ4n) is 3.56. The van der Waals surface area contributed by atoms with Crippen LogP contribution in [0.25, 0.3) is 0 Å². The Bertz CT molecular complexity index is 867. The number of halogens is 1. The Labute approximate surface area is 190 Å². The van der Waals surface area contributed by atoms with Crippen LogP contribution in [0.2, 0.25) is 0 Å². The Balaban J connectivity index is 1.64. The first-order chi connectivity index (χ1) is 15.6. The van der Waals surface area contributed by atoms with Gasteiger partial charge < -0.3 is 24.8 Å². The predicted molar refractivity (Wildman–Crippen MR) is 125 cm³/mol. The summed E-state index contributed by atoms with van der Waals surface area (Å²) in [7, 11) is 1.64. The van der Waals surface area contributed by atoms with Gasteiger partial charge in [-0.15, -0.1) is 0 Å². The third kappa shape index (κ3) is 7.21. The molecule has 1 aliphatic heterocycles. The highest BCUT2D eigenvalue weighted by atomic mass is 19.1. The smallest absolute Gasteiger partial charge is 0.191 e. The minimum Gasteiger partial charge on any atom is -0.493 e. The van der Waals surface area contributed by atoms with Gasteiger partial charge in [0.2, 0.25) is 0 Å². The molecule has 0 aromatic heterocycles. The van der Waals surface area contributed by atoms with Gasteiger partial charge in [-0.05, 0) is 49.6 Å². The predicted octanol–water partition coefficient (Wildman–Crippen LogP) is 3.99. The van der Waals surface area contributed by atoms with Crippen LogP contribution in [0.3, 0.4) is 0 Å². The van der Waals surface area contributed by atoms with Gasteiger partial charge in [-0.2, -0.15) is 0 Å². The second kappa shape index (κ2) is 12.4. The molecule has 0 amide bonds. The molecular formula is C25H34FN3O3. The first-order valence-corrected chi connectivity index (χ1v) is 11.2. The van der Waals surface area contributed by atoms with Crippen LogP contribution in [0.1, 0.15) is 36.1 Å². The van der Waals surface area contributed by atoms with E-state index in [1.807, 2.05) is 6.92 Å². The van der Waals surface area contributed by atoms with Crippen LogP contribution >= 0.6 is 0 Å². The van der Waals surface area contributed by atoms with E-state index in [4.69, 9.17) is 19.2 Å². The molecule has 6 nitrogen and oxygen atoms in total. The lowest BCUT2D eigenvalue weighted by Gasteiger charge is -2.19. The van der Waals surface area contributed by atoms with Crippen molar-refractivity contribution in [3.05, 3.63) is 65.0 Å². The number of ether oxygens (including phenoxy) is 3. The standard InChI is InChI=1S/C25H34FN3O3/c1-4-27-25(29-15-24(30-3)20-7-9-22(26)10-8-20)28-14-21-6-5-18(2)13-23(21)32-17-19-11-12-31-16-19/h5-10,13,19,24H,4,11-12,14-17H2,1-3H3,(H2,27,28,29). The summed E-state index contributed by atoms with van der Waals surface area (Å²) in [5, 5.41) is 6.59. The molecular weight excluding hydrogens is 409 g/mol. The van der Waals surface area contributed by atoms with Gasteiger partial charge in [-0.3, -0.25) is 0 Å².